The summed E-state index contributed by atoms with van der Waals surface area (Å²) in [5.41, 5.74) is 27.6. The summed E-state index contributed by atoms with van der Waals surface area (Å²) in [6.45, 7) is 0. The molecule has 0 aliphatic rings. The van der Waals surface area contributed by atoms with Crippen LogP contribution in [0.5, 0.6) is 0 Å². The Morgan fingerprint density at radius 2 is 0.411 bits per heavy atom. The van der Waals surface area contributed by atoms with E-state index in [1.165, 1.54) is 81.7 Å². The third-order valence-electron chi connectivity index (χ3n) is 22.1. The molecule has 0 radical (unpaired) electrons. The molecule has 18 aromatic carbocycles. The molecule has 0 spiro atoms. The van der Waals surface area contributed by atoms with Gasteiger partial charge in [-0.15, -0.1) is 0 Å². The van der Waals surface area contributed by atoms with Gasteiger partial charge in [0.1, 0.15) is 11.4 Å². The second-order valence-corrected chi connectivity index (χ2v) is 28.8. The number of hydrogen-bond acceptors (Lipinski definition) is 4. The summed E-state index contributed by atoms with van der Waals surface area (Å²) < 4.78 is 4.65. The molecule has 0 unspecified atom stereocenters. The van der Waals surface area contributed by atoms with Gasteiger partial charge in [-0.25, -0.2) is 19.9 Å². The first-order chi connectivity index (χ1) is 55.5. The number of nitrogens with zero attached hydrogens (tertiary/aromatic N) is 6. The number of benzene rings is 18. The monoisotopic (exact) mass is 1420 g/mol. The number of para-hydroxylation sites is 2. The van der Waals surface area contributed by atoms with Crippen LogP contribution in [0.1, 0.15) is 0 Å². The lowest BCUT2D eigenvalue weighted by Crippen LogP contribution is -2.04. The average molecular weight is 1430 g/mol. The van der Waals surface area contributed by atoms with E-state index in [4.69, 9.17) is 19.9 Å². The van der Waals surface area contributed by atoms with Crippen LogP contribution < -0.4 is 0 Å². The van der Waals surface area contributed by atoms with E-state index < -0.39 is 0 Å². The predicted molar refractivity (Wildman–Crippen MR) is 469 cm³/mol. The third kappa shape index (κ3) is 11.8. The highest BCUT2D eigenvalue weighted by Crippen LogP contribution is 2.45. The van der Waals surface area contributed by atoms with E-state index in [2.05, 4.69) is 422 Å². The Morgan fingerprint density at radius 1 is 0.152 bits per heavy atom. The molecular formula is C106H68N6. The lowest BCUT2D eigenvalue weighted by atomic mass is 9.92. The van der Waals surface area contributed by atoms with Crippen LogP contribution in [0.2, 0.25) is 0 Å². The highest BCUT2D eigenvalue weighted by atomic mass is 15.1. The molecule has 0 saturated carbocycles. The van der Waals surface area contributed by atoms with Crippen molar-refractivity contribution in [3.8, 4) is 112 Å². The van der Waals surface area contributed by atoms with E-state index in [0.717, 1.165) is 128 Å². The molecule has 22 aromatic rings. The second-order valence-electron chi connectivity index (χ2n) is 28.8. The molecule has 6 nitrogen and oxygen atoms in total. The molecule has 22 rings (SSSR count). The van der Waals surface area contributed by atoms with Gasteiger partial charge in [0.15, 0.2) is 11.6 Å². The zero-order valence-electron chi connectivity index (χ0n) is 60.9. The number of hydrogen-bond donors (Lipinski definition) is 0. The summed E-state index contributed by atoms with van der Waals surface area (Å²) in [7, 11) is 0. The molecule has 0 amide bonds. The topological polar surface area (TPSA) is 61.4 Å². The van der Waals surface area contributed by atoms with E-state index in [1.807, 2.05) is 0 Å². The van der Waals surface area contributed by atoms with Gasteiger partial charge in [-0.2, -0.15) is 0 Å². The lowest BCUT2D eigenvalue weighted by Gasteiger charge is -2.17. The maximum atomic E-state index is 5.63. The lowest BCUT2D eigenvalue weighted by molar-refractivity contribution is 1.08. The maximum absolute atomic E-state index is 5.63. The first-order valence-corrected chi connectivity index (χ1v) is 38.1. The molecule has 0 saturated heterocycles. The number of aromatic nitrogens is 6. The van der Waals surface area contributed by atoms with Crippen molar-refractivity contribution in [2.24, 2.45) is 0 Å². The second kappa shape index (κ2) is 27.7. The summed E-state index contributed by atoms with van der Waals surface area (Å²) in [5.74, 6) is 1.61. The molecule has 6 heteroatoms. The van der Waals surface area contributed by atoms with Crippen molar-refractivity contribution in [2.45, 2.75) is 0 Å². The third-order valence-corrected chi connectivity index (χ3v) is 22.1. The van der Waals surface area contributed by atoms with E-state index in [-0.39, 0.29) is 0 Å². The molecule has 0 aliphatic carbocycles. The highest BCUT2D eigenvalue weighted by molar-refractivity contribution is 6.16. The van der Waals surface area contributed by atoms with Gasteiger partial charge >= 0.3 is 0 Å². The highest BCUT2D eigenvalue weighted by Gasteiger charge is 2.25. The van der Waals surface area contributed by atoms with Crippen molar-refractivity contribution in [3.63, 3.8) is 0 Å². The van der Waals surface area contributed by atoms with Crippen molar-refractivity contribution in [3.05, 3.63) is 413 Å². The van der Waals surface area contributed by atoms with Crippen molar-refractivity contribution >= 4 is 98.0 Å². The standard InChI is InChI=1S/C54H35N3.C52H33N3/c1-4-14-36(15-5-1)38-24-28-41(29-25-38)47-34-49-50(35-46(47)40-18-8-3-9-19-40)56-54(53(55-49)42-30-26-39(27-31-42)37-16-6-2-7-17-37)57-51-23-13-12-22-45(51)48-32-43-20-10-11-21-44(43)33-52(48)57;1-3-13-34(14-4-1)36-23-26-38(27-24-36)45-32-47-48(33-44(45)37-16-5-2-6-17-37)54-52(51(53-47)42-28-25-35-15-7-8-18-39(35)29-42)55-49-22-12-11-21-43(49)46-30-40-19-9-10-20-41(40)31-50(46)55/h1-35H;1-33H. The molecule has 0 fully saturated rings. The quantitative estimate of drug-likeness (QED) is 0.129. The average Bonchev–Trinajstić information content (AvgIpc) is 1.53. The Balaban J connectivity index is 0.000000142. The van der Waals surface area contributed by atoms with Crippen molar-refractivity contribution in [1.29, 1.82) is 0 Å². The van der Waals surface area contributed by atoms with E-state index >= 15 is 0 Å². The molecule has 0 bridgehead atoms. The van der Waals surface area contributed by atoms with Gasteiger partial charge in [0, 0.05) is 32.7 Å². The first-order valence-electron chi connectivity index (χ1n) is 38.1. The van der Waals surface area contributed by atoms with Crippen molar-refractivity contribution in [2.75, 3.05) is 0 Å². The van der Waals surface area contributed by atoms with Crippen LogP contribution in [-0.4, -0.2) is 29.1 Å². The molecule has 0 atom stereocenters. The van der Waals surface area contributed by atoms with Crippen molar-refractivity contribution in [1.82, 2.24) is 29.1 Å². The van der Waals surface area contributed by atoms with Crippen LogP contribution in [0.3, 0.4) is 0 Å². The SMILES string of the molecule is c1ccc(-c2ccc(-c3cc4nc(-c5ccc(-c6ccccc6)cc5)c(-n5c6ccccc6c6cc7ccccc7cc65)nc4cc3-c3ccccc3)cc2)cc1.c1ccc(-c2ccc(-c3cc4nc(-c5ccc6ccccc6c5)c(-n5c6ccccc6c6cc7ccccc7cc65)nc4cc3-c3ccccc3)cc2)cc1. The predicted octanol–water partition coefficient (Wildman–Crippen LogP) is 27.9. The van der Waals surface area contributed by atoms with Gasteiger partial charge in [0.2, 0.25) is 0 Å². The molecular weight excluding hydrogens is 1360 g/mol. The first kappa shape index (κ1) is 65.3. The fourth-order valence-electron chi connectivity index (χ4n) is 16.6. The van der Waals surface area contributed by atoms with Crippen molar-refractivity contribution < 1.29 is 0 Å². The molecule has 0 N–H and O–H groups in total. The molecule has 112 heavy (non-hydrogen) atoms. The minimum absolute atomic E-state index is 0.801. The Morgan fingerprint density at radius 3 is 0.795 bits per heavy atom. The van der Waals surface area contributed by atoms with Gasteiger partial charge in [-0.3, -0.25) is 9.13 Å². The minimum Gasteiger partial charge on any atom is -0.292 e. The van der Waals surface area contributed by atoms with E-state index in [0.29, 0.717) is 0 Å². The van der Waals surface area contributed by atoms with Crippen LogP contribution in [0.25, 0.3) is 210 Å². The number of fused-ring (bicyclic) bond motifs is 11. The van der Waals surface area contributed by atoms with E-state index in [1.54, 1.807) is 0 Å². The van der Waals surface area contributed by atoms with Crippen LogP contribution in [0.15, 0.2) is 413 Å². The fraction of sp³-hybridized carbons (Fsp3) is 0. The summed E-state index contributed by atoms with van der Waals surface area (Å²) in [6.07, 6.45) is 0. The van der Waals surface area contributed by atoms with Crippen LogP contribution >= 0.6 is 0 Å². The van der Waals surface area contributed by atoms with Gasteiger partial charge in [0.05, 0.1) is 44.1 Å². The number of rotatable bonds is 11. The maximum Gasteiger partial charge on any atom is 0.165 e. The minimum atomic E-state index is 0.801. The smallest absolute Gasteiger partial charge is 0.165 e. The summed E-state index contributed by atoms with van der Waals surface area (Å²) in [4.78, 5) is 22.4. The normalized spacial score (nSPS) is 11.6. The van der Waals surface area contributed by atoms with Crippen LogP contribution in [0, 0.1) is 0 Å². The Hall–Kier alpha value is -15.0. The Labute approximate surface area is 647 Å². The van der Waals surface area contributed by atoms with E-state index in [9.17, 15) is 0 Å². The zero-order valence-corrected chi connectivity index (χ0v) is 60.9. The molecule has 4 aromatic heterocycles. The van der Waals surface area contributed by atoms with Gasteiger partial charge < -0.3 is 0 Å². The van der Waals surface area contributed by atoms with Gasteiger partial charge in [-0.1, -0.05) is 346 Å². The fourth-order valence-corrected chi connectivity index (χ4v) is 16.6. The summed E-state index contributed by atoms with van der Waals surface area (Å²) in [6, 6.07) is 147. The van der Waals surface area contributed by atoms with Gasteiger partial charge in [0.25, 0.3) is 0 Å². The summed E-state index contributed by atoms with van der Waals surface area (Å²) in [5, 5.41) is 11.9. The largest absolute Gasteiger partial charge is 0.292 e. The van der Waals surface area contributed by atoms with Crippen LogP contribution in [0.4, 0.5) is 0 Å². The Bertz CT molecular complexity index is 7360. The van der Waals surface area contributed by atoms with Gasteiger partial charge in [-0.05, 0) is 177 Å². The molecule has 0 aliphatic heterocycles. The van der Waals surface area contributed by atoms with Crippen LogP contribution in [-0.2, 0) is 0 Å². The summed E-state index contributed by atoms with van der Waals surface area (Å²) >= 11 is 0. The Kier molecular flexibility index (Phi) is 16.1. The molecule has 4 heterocycles. The molecule has 522 valence electrons. The zero-order chi connectivity index (χ0) is 74.0.